The van der Waals surface area contributed by atoms with Crippen LogP contribution >= 0.6 is 0 Å². The van der Waals surface area contributed by atoms with Gasteiger partial charge in [0.15, 0.2) is 9.84 Å². The van der Waals surface area contributed by atoms with E-state index in [4.69, 9.17) is 5.11 Å². The zero-order chi connectivity index (χ0) is 14.8. The summed E-state index contributed by atoms with van der Waals surface area (Å²) in [6.45, 7) is 5.34. The molecule has 0 saturated heterocycles. The molecule has 1 aliphatic carbocycles. The fraction of sp³-hybridized carbons (Fsp3) is 0.923. The molecule has 0 bridgehead atoms. The van der Waals surface area contributed by atoms with Gasteiger partial charge in [-0.3, -0.25) is 4.79 Å². The average molecular weight is 292 g/mol. The number of aliphatic hydroxyl groups is 1. The second kappa shape index (κ2) is 5.79. The zero-order valence-electron chi connectivity index (χ0n) is 11.8. The number of sulfone groups is 1. The largest absolute Gasteiger partial charge is 0.481 e. The number of hydrogen-bond donors (Lipinski definition) is 2. The maximum atomic E-state index is 12.2. The van der Waals surface area contributed by atoms with Crippen LogP contribution in [0.1, 0.15) is 46.5 Å². The van der Waals surface area contributed by atoms with Crippen LogP contribution in [-0.4, -0.2) is 41.2 Å². The summed E-state index contributed by atoms with van der Waals surface area (Å²) < 4.78 is 24.4. The Morgan fingerprint density at radius 3 is 2.11 bits per heavy atom. The van der Waals surface area contributed by atoms with E-state index in [-0.39, 0.29) is 24.5 Å². The first-order valence-corrected chi connectivity index (χ1v) is 8.46. The Balaban J connectivity index is 2.70. The predicted molar refractivity (Wildman–Crippen MR) is 72.6 cm³/mol. The van der Waals surface area contributed by atoms with Gasteiger partial charge in [0.25, 0.3) is 0 Å². The maximum Gasteiger partial charge on any atom is 0.306 e. The lowest BCUT2D eigenvalue weighted by Gasteiger charge is -2.35. The van der Waals surface area contributed by atoms with Gasteiger partial charge in [-0.25, -0.2) is 8.42 Å². The summed E-state index contributed by atoms with van der Waals surface area (Å²) in [5.74, 6) is -1.57. The number of carboxylic acid groups (broad SMARTS) is 1. The van der Waals surface area contributed by atoms with Gasteiger partial charge in [-0.2, -0.15) is 0 Å². The highest BCUT2D eigenvalue weighted by atomic mass is 32.2. The van der Waals surface area contributed by atoms with Crippen LogP contribution in [-0.2, 0) is 14.6 Å². The van der Waals surface area contributed by atoms with Crippen LogP contribution in [0.4, 0.5) is 0 Å². The minimum Gasteiger partial charge on any atom is -0.481 e. The molecule has 19 heavy (non-hydrogen) atoms. The van der Waals surface area contributed by atoms with Crippen molar-refractivity contribution in [2.24, 2.45) is 11.8 Å². The highest BCUT2D eigenvalue weighted by molar-refractivity contribution is 7.92. The van der Waals surface area contributed by atoms with E-state index in [1.807, 2.05) is 13.8 Å². The average Bonchev–Trinajstić information content (AvgIpc) is 2.27. The van der Waals surface area contributed by atoms with Crippen molar-refractivity contribution in [1.82, 2.24) is 0 Å². The Morgan fingerprint density at radius 1 is 1.26 bits per heavy atom. The zero-order valence-corrected chi connectivity index (χ0v) is 12.6. The van der Waals surface area contributed by atoms with Gasteiger partial charge in [-0.05, 0) is 38.5 Å². The standard InChI is InChI=1S/C13H24O5S/c1-9(2)10(3)19(17,18)8-13(16)6-4-11(5-7-13)12(14)15/h9-11,16H,4-8H2,1-3H3,(H,14,15). The van der Waals surface area contributed by atoms with Crippen molar-refractivity contribution in [3.05, 3.63) is 0 Å². The van der Waals surface area contributed by atoms with Crippen molar-refractivity contribution >= 4 is 15.8 Å². The van der Waals surface area contributed by atoms with Crippen molar-refractivity contribution in [1.29, 1.82) is 0 Å². The van der Waals surface area contributed by atoms with Gasteiger partial charge in [0.2, 0.25) is 0 Å². The van der Waals surface area contributed by atoms with Gasteiger partial charge < -0.3 is 10.2 Å². The van der Waals surface area contributed by atoms with Crippen LogP contribution in [0.5, 0.6) is 0 Å². The summed E-state index contributed by atoms with van der Waals surface area (Å²) >= 11 is 0. The van der Waals surface area contributed by atoms with Crippen molar-refractivity contribution in [3.63, 3.8) is 0 Å². The molecule has 6 heteroatoms. The third-order valence-corrected chi connectivity index (χ3v) is 6.86. The van der Waals surface area contributed by atoms with Crippen LogP contribution < -0.4 is 0 Å². The van der Waals surface area contributed by atoms with E-state index in [2.05, 4.69) is 0 Å². The highest BCUT2D eigenvalue weighted by Gasteiger charge is 2.40. The molecule has 0 aromatic rings. The summed E-state index contributed by atoms with van der Waals surface area (Å²) in [5.41, 5.74) is -1.26. The first-order chi connectivity index (χ1) is 8.57. The van der Waals surface area contributed by atoms with Crippen molar-refractivity contribution < 1.29 is 23.4 Å². The molecule has 0 aromatic heterocycles. The molecule has 0 heterocycles. The molecule has 1 fully saturated rings. The molecule has 0 spiro atoms. The molecule has 1 saturated carbocycles. The summed E-state index contributed by atoms with van der Waals surface area (Å²) in [4.78, 5) is 10.8. The highest BCUT2D eigenvalue weighted by Crippen LogP contribution is 2.34. The second-order valence-corrected chi connectivity index (χ2v) is 8.45. The number of carbonyl (C=O) groups is 1. The van der Waals surface area contributed by atoms with E-state index in [0.29, 0.717) is 12.8 Å². The number of hydrogen-bond acceptors (Lipinski definition) is 4. The van der Waals surface area contributed by atoms with Crippen molar-refractivity contribution in [2.75, 3.05) is 5.75 Å². The lowest BCUT2D eigenvalue weighted by atomic mass is 9.80. The molecule has 0 radical (unpaired) electrons. The smallest absolute Gasteiger partial charge is 0.306 e. The summed E-state index contributed by atoms with van der Waals surface area (Å²) in [6, 6.07) is 0. The van der Waals surface area contributed by atoms with Gasteiger partial charge in [0.1, 0.15) is 0 Å². The Labute approximate surface area is 114 Å². The molecule has 1 aliphatic rings. The molecule has 2 N–H and O–H groups in total. The van der Waals surface area contributed by atoms with E-state index >= 15 is 0 Å². The van der Waals surface area contributed by atoms with Crippen LogP contribution in [0.15, 0.2) is 0 Å². The molecule has 1 atom stereocenters. The molecule has 0 aliphatic heterocycles. The van der Waals surface area contributed by atoms with Gasteiger partial charge in [-0.15, -0.1) is 0 Å². The third-order valence-electron chi connectivity index (χ3n) is 4.24. The lowest BCUT2D eigenvalue weighted by molar-refractivity contribution is -0.144. The Bertz CT molecular complexity index is 418. The lowest BCUT2D eigenvalue weighted by Crippen LogP contribution is -2.44. The molecule has 0 amide bonds. The fourth-order valence-electron chi connectivity index (χ4n) is 2.47. The van der Waals surface area contributed by atoms with E-state index in [1.54, 1.807) is 6.92 Å². The summed E-state index contributed by atoms with van der Waals surface area (Å²) in [7, 11) is -3.35. The SMILES string of the molecule is CC(C)C(C)S(=O)(=O)CC1(O)CCC(C(=O)O)CC1. The molecule has 0 aromatic carbocycles. The first-order valence-electron chi connectivity index (χ1n) is 6.74. The molecule has 112 valence electrons. The van der Waals surface area contributed by atoms with Crippen LogP contribution in [0.3, 0.4) is 0 Å². The Hall–Kier alpha value is -0.620. The monoisotopic (exact) mass is 292 g/mol. The first kappa shape index (κ1) is 16.4. The van der Waals surface area contributed by atoms with Crippen LogP contribution in [0.25, 0.3) is 0 Å². The van der Waals surface area contributed by atoms with E-state index in [0.717, 1.165) is 0 Å². The normalized spacial score (nSPS) is 30.3. The van der Waals surface area contributed by atoms with Crippen LogP contribution in [0.2, 0.25) is 0 Å². The molecule has 5 nitrogen and oxygen atoms in total. The third kappa shape index (κ3) is 4.18. The van der Waals surface area contributed by atoms with Gasteiger partial charge in [0, 0.05) is 0 Å². The predicted octanol–water partition coefficient (Wildman–Crippen LogP) is 1.45. The Kier molecular flexibility index (Phi) is 5.01. The minimum atomic E-state index is -3.35. The number of rotatable bonds is 5. The molecular weight excluding hydrogens is 268 g/mol. The van der Waals surface area contributed by atoms with Gasteiger partial charge >= 0.3 is 5.97 Å². The molecule has 1 unspecified atom stereocenters. The minimum absolute atomic E-state index is 0.00367. The second-order valence-electron chi connectivity index (χ2n) is 6.09. The topological polar surface area (TPSA) is 91.7 Å². The Morgan fingerprint density at radius 2 is 1.74 bits per heavy atom. The number of aliphatic carboxylic acids is 1. The van der Waals surface area contributed by atoms with Crippen molar-refractivity contribution in [3.8, 4) is 0 Å². The summed E-state index contributed by atoms with van der Waals surface area (Å²) in [6.07, 6.45) is 1.18. The van der Waals surface area contributed by atoms with Gasteiger partial charge in [-0.1, -0.05) is 13.8 Å². The van der Waals surface area contributed by atoms with E-state index in [1.165, 1.54) is 0 Å². The fourth-order valence-corrected chi connectivity index (χ4v) is 4.60. The van der Waals surface area contributed by atoms with Crippen molar-refractivity contribution in [2.45, 2.75) is 57.3 Å². The van der Waals surface area contributed by atoms with E-state index < -0.39 is 32.6 Å². The molecular formula is C13H24O5S. The van der Waals surface area contributed by atoms with Crippen LogP contribution in [0, 0.1) is 11.8 Å². The van der Waals surface area contributed by atoms with Gasteiger partial charge in [0.05, 0.1) is 22.5 Å². The maximum absolute atomic E-state index is 12.2. The quantitative estimate of drug-likeness (QED) is 0.800. The molecule has 1 rings (SSSR count). The van der Waals surface area contributed by atoms with E-state index in [9.17, 15) is 18.3 Å². The summed E-state index contributed by atoms with van der Waals surface area (Å²) in [5, 5.41) is 18.8. The number of carboxylic acids is 1.